The van der Waals surface area contributed by atoms with Crippen LogP contribution in [0.4, 0.5) is 5.69 Å². The molecule has 1 saturated heterocycles. The zero-order valence-electron chi connectivity index (χ0n) is 16.2. The summed E-state index contributed by atoms with van der Waals surface area (Å²) in [5.74, 6) is 1.14. The first-order valence-electron chi connectivity index (χ1n) is 9.13. The number of halogens is 2. The van der Waals surface area contributed by atoms with Gasteiger partial charge in [0.1, 0.15) is 5.75 Å². The fraction of sp³-hybridized carbons (Fsp3) is 0.381. The van der Waals surface area contributed by atoms with Gasteiger partial charge in [-0.15, -0.1) is 24.8 Å². The van der Waals surface area contributed by atoms with Crippen LogP contribution < -0.4 is 10.5 Å². The Morgan fingerprint density at radius 2 is 1.57 bits per heavy atom. The molecular weight excluding hydrogens is 397 g/mol. The summed E-state index contributed by atoms with van der Waals surface area (Å²) in [5, 5.41) is 0. The molecule has 0 spiro atoms. The van der Waals surface area contributed by atoms with Gasteiger partial charge < -0.3 is 15.4 Å². The summed E-state index contributed by atoms with van der Waals surface area (Å²) >= 11 is 0. The van der Waals surface area contributed by atoms with Crippen molar-refractivity contribution >= 4 is 36.4 Å². The number of nitrogens with zero attached hydrogens (tertiary/aromatic N) is 2. The highest BCUT2D eigenvalue weighted by atomic mass is 35.5. The highest BCUT2D eigenvalue weighted by molar-refractivity contribution is 5.85. The Balaban J connectivity index is 0.00000196. The molecule has 3 rings (SSSR count). The molecule has 0 unspecified atom stereocenters. The predicted molar refractivity (Wildman–Crippen MR) is 119 cm³/mol. The molecule has 7 heteroatoms. The number of hydrogen-bond acceptors (Lipinski definition) is 4. The first-order chi connectivity index (χ1) is 12.7. The molecule has 1 aliphatic heterocycles. The van der Waals surface area contributed by atoms with Gasteiger partial charge in [0, 0.05) is 50.4 Å². The summed E-state index contributed by atoms with van der Waals surface area (Å²) in [7, 11) is 1.70. The van der Waals surface area contributed by atoms with Crippen molar-refractivity contribution < 1.29 is 9.53 Å². The van der Waals surface area contributed by atoms with Gasteiger partial charge in [0.2, 0.25) is 5.91 Å². The summed E-state index contributed by atoms with van der Waals surface area (Å²) < 4.78 is 5.43. The van der Waals surface area contributed by atoms with E-state index in [4.69, 9.17) is 10.5 Å². The van der Waals surface area contributed by atoms with E-state index in [1.165, 1.54) is 5.56 Å². The highest BCUT2D eigenvalue weighted by Crippen LogP contribution is 2.20. The third-order valence-electron chi connectivity index (χ3n) is 4.97. The van der Waals surface area contributed by atoms with Crippen LogP contribution in [0.25, 0.3) is 0 Å². The quantitative estimate of drug-likeness (QED) is 0.720. The van der Waals surface area contributed by atoms with Crippen LogP contribution in [-0.2, 0) is 17.8 Å². The van der Waals surface area contributed by atoms with E-state index in [0.29, 0.717) is 12.8 Å². The number of amides is 1. The van der Waals surface area contributed by atoms with E-state index >= 15 is 0 Å². The number of piperazine rings is 1. The summed E-state index contributed by atoms with van der Waals surface area (Å²) in [6, 6.07) is 15.9. The standard InChI is InChI=1S/C21H27N3O2.2ClH/c1-26-20-9-5-3-7-18(20)16-23-12-14-24(15-13-23)21(25)11-10-17-6-2-4-8-19(17)22;;/h2-9H,10-16,22H2,1H3;2*1H. The maximum atomic E-state index is 12.5. The van der Waals surface area contributed by atoms with Crippen LogP contribution >= 0.6 is 24.8 Å². The van der Waals surface area contributed by atoms with E-state index in [1.807, 2.05) is 47.4 Å². The number of nitrogen functional groups attached to an aromatic ring is 1. The number of anilines is 1. The third kappa shape index (κ3) is 6.30. The topological polar surface area (TPSA) is 58.8 Å². The monoisotopic (exact) mass is 425 g/mol. The smallest absolute Gasteiger partial charge is 0.222 e. The molecule has 154 valence electrons. The lowest BCUT2D eigenvalue weighted by Crippen LogP contribution is -2.48. The average Bonchev–Trinajstić information content (AvgIpc) is 2.68. The van der Waals surface area contributed by atoms with Crippen molar-refractivity contribution in [3.05, 3.63) is 59.7 Å². The maximum Gasteiger partial charge on any atom is 0.222 e. The van der Waals surface area contributed by atoms with Crippen LogP contribution in [0.2, 0.25) is 0 Å². The Hall–Kier alpha value is -1.95. The van der Waals surface area contributed by atoms with Gasteiger partial charge in [0.25, 0.3) is 0 Å². The molecule has 5 nitrogen and oxygen atoms in total. The number of hydrogen-bond donors (Lipinski definition) is 1. The summed E-state index contributed by atoms with van der Waals surface area (Å²) in [6.45, 7) is 4.18. The minimum Gasteiger partial charge on any atom is -0.496 e. The molecule has 0 atom stereocenters. The maximum absolute atomic E-state index is 12.5. The van der Waals surface area contributed by atoms with Crippen LogP contribution in [-0.4, -0.2) is 49.0 Å². The van der Waals surface area contributed by atoms with Gasteiger partial charge >= 0.3 is 0 Å². The molecule has 1 heterocycles. The molecule has 28 heavy (non-hydrogen) atoms. The zero-order valence-corrected chi connectivity index (χ0v) is 17.8. The fourth-order valence-corrected chi connectivity index (χ4v) is 3.39. The van der Waals surface area contributed by atoms with Crippen molar-refractivity contribution in [1.29, 1.82) is 0 Å². The second-order valence-corrected chi connectivity index (χ2v) is 6.67. The minimum absolute atomic E-state index is 0. The summed E-state index contributed by atoms with van der Waals surface area (Å²) in [4.78, 5) is 16.8. The summed E-state index contributed by atoms with van der Waals surface area (Å²) in [6.07, 6.45) is 1.22. The molecule has 2 N–H and O–H groups in total. The molecule has 0 radical (unpaired) electrons. The van der Waals surface area contributed by atoms with Crippen molar-refractivity contribution in [3.8, 4) is 5.75 Å². The van der Waals surface area contributed by atoms with Crippen LogP contribution in [0.5, 0.6) is 5.75 Å². The number of benzene rings is 2. The highest BCUT2D eigenvalue weighted by Gasteiger charge is 2.21. The van der Waals surface area contributed by atoms with E-state index in [1.54, 1.807) is 7.11 Å². The third-order valence-corrected chi connectivity index (χ3v) is 4.97. The molecule has 1 aliphatic rings. The van der Waals surface area contributed by atoms with Gasteiger partial charge in [-0.05, 0) is 24.1 Å². The van der Waals surface area contributed by atoms with Gasteiger partial charge in [0.05, 0.1) is 7.11 Å². The first kappa shape index (κ1) is 24.1. The lowest BCUT2D eigenvalue weighted by molar-refractivity contribution is -0.133. The first-order valence-corrected chi connectivity index (χ1v) is 9.13. The predicted octanol–water partition coefficient (Wildman–Crippen LogP) is 3.40. The number of methoxy groups -OCH3 is 1. The van der Waals surface area contributed by atoms with Crippen molar-refractivity contribution in [2.45, 2.75) is 19.4 Å². The van der Waals surface area contributed by atoms with Crippen molar-refractivity contribution in [3.63, 3.8) is 0 Å². The number of para-hydroxylation sites is 2. The number of rotatable bonds is 6. The second-order valence-electron chi connectivity index (χ2n) is 6.67. The van der Waals surface area contributed by atoms with E-state index in [2.05, 4.69) is 11.0 Å². The van der Waals surface area contributed by atoms with Crippen molar-refractivity contribution in [2.75, 3.05) is 39.0 Å². The van der Waals surface area contributed by atoms with Gasteiger partial charge in [-0.1, -0.05) is 36.4 Å². The molecule has 1 fully saturated rings. The van der Waals surface area contributed by atoms with E-state index < -0.39 is 0 Å². The lowest BCUT2D eigenvalue weighted by atomic mass is 10.1. The Morgan fingerprint density at radius 1 is 0.964 bits per heavy atom. The number of carbonyl (C=O) groups is 1. The van der Waals surface area contributed by atoms with Gasteiger partial charge in [-0.2, -0.15) is 0 Å². The molecule has 2 aromatic carbocycles. The van der Waals surface area contributed by atoms with Crippen LogP contribution in [0.1, 0.15) is 17.5 Å². The van der Waals surface area contributed by atoms with E-state index in [-0.39, 0.29) is 30.7 Å². The van der Waals surface area contributed by atoms with Crippen LogP contribution in [0, 0.1) is 0 Å². The number of nitrogens with two attached hydrogens (primary N) is 1. The van der Waals surface area contributed by atoms with Crippen LogP contribution in [0.15, 0.2) is 48.5 Å². The Morgan fingerprint density at radius 3 is 2.21 bits per heavy atom. The molecular formula is C21H29Cl2N3O2. The zero-order chi connectivity index (χ0) is 18.4. The molecule has 1 amide bonds. The SMILES string of the molecule is COc1ccccc1CN1CCN(C(=O)CCc2ccccc2N)CC1.Cl.Cl. The Labute approximate surface area is 179 Å². The van der Waals surface area contributed by atoms with E-state index in [0.717, 1.165) is 49.7 Å². The lowest BCUT2D eigenvalue weighted by Gasteiger charge is -2.35. The van der Waals surface area contributed by atoms with Gasteiger partial charge in [0.15, 0.2) is 0 Å². The fourth-order valence-electron chi connectivity index (χ4n) is 3.39. The van der Waals surface area contributed by atoms with E-state index in [9.17, 15) is 4.79 Å². The number of carbonyl (C=O) groups excluding carboxylic acids is 1. The van der Waals surface area contributed by atoms with Crippen molar-refractivity contribution in [2.24, 2.45) is 0 Å². The van der Waals surface area contributed by atoms with Gasteiger partial charge in [-0.3, -0.25) is 9.69 Å². The van der Waals surface area contributed by atoms with Crippen LogP contribution in [0.3, 0.4) is 0 Å². The molecule has 0 bridgehead atoms. The average molecular weight is 426 g/mol. The van der Waals surface area contributed by atoms with Crippen molar-refractivity contribution in [1.82, 2.24) is 9.80 Å². The molecule has 0 aliphatic carbocycles. The molecule has 0 saturated carbocycles. The Bertz CT molecular complexity index is 750. The molecule has 0 aromatic heterocycles. The summed E-state index contributed by atoms with van der Waals surface area (Å²) in [5.41, 5.74) is 8.96. The Kier molecular flexibility index (Phi) is 10.1. The largest absolute Gasteiger partial charge is 0.496 e. The molecule has 2 aromatic rings. The minimum atomic E-state index is 0. The number of ether oxygens (including phenoxy) is 1. The normalized spacial score (nSPS) is 14.0. The number of aryl methyl sites for hydroxylation is 1. The second kappa shape index (κ2) is 11.8. The van der Waals surface area contributed by atoms with Gasteiger partial charge in [-0.25, -0.2) is 0 Å².